The van der Waals surface area contributed by atoms with Crippen molar-refractivity contribution in [2.45, 2.75) is 25.3 Å². The van der Waals surface area contributed by atoms with Crippen molar-refractivity contribution in [2.75, 3.05) is 0 Å². The number of halogens is 2. The first-order valence-corrected chi connectivity index (χ1v) is 7.71. The fourth-order valence-electron chi connectivity index (χ4n) is 3.32. The SMILES string of the molecule is O=C(O)C(NC(=O)[C@@H]1CC[C@@H]2C[C@@H]21)c1c(Cl)cccc1Cl. The van der Waals surface area contributed by atoms with Crippen LogP contribution >= 0.6 is 23.2 Å². The Kier molecular flexibility index (Phi) is 3.84. The van der Waals surface area contributed by atoms with Crippen molar-refractivity contribution in [1.29, 1.82) is 0 Å². The molecule has 2 aliphatic rings. The number of carbonyl (C=O) groups is 2. The van der Waals surface area contributed by atoms with Gasteiger partial charge in [0.15, 0.2) is 6.04 Å². The molecule has 0 aromatic heterocycles. The van der Waals surface area contributed by atoms with Crippen molar-refractivity contribution in [3.63, 3.8) is 0 Å². The summed E-state index contributed by atoms with van der Waals surface area (Å²) in [4.78, 5) is 23.8. The van der Waals surface area contributed by atoms with E-state index < -0.39 is 12.0 Å². The second-order valence-electron chi connectivity index (χ2n) is 5.76. The van der Waals surface area contributed by atoms with E-state index in [9.17, 15) is 14.7 Å². The van der Waals surface area contributed by atoms with Crippen LogP contribution in [0.2, 0.25) is 10.0 Å². The minimum atomic E-state index is -1.21. The Morgan fingerprint density at radius 3 is 2.38 bits per heavy atom. The molecule has 2 fully saturated rings. The summed E-state index contributed by atoms with van der Waals surface area (Å²) in [6.45, 7) is 0. The average Bonchev–Trinajstić information content (AvgIpc) is 3.07. The minimum Gasteiger partial charge on any atom is -0.479 e. The summed E-state index contributed by atoms with van der Waals surface area (Å²) < 4.78 is 0. The standard InChI is InChI=1S/C15H15Cl2NO3/c16-10-2-1-3-11(17)12(10)13(15(20)21)18-14(19)8-5-4-7-6-9(7)8/h1-3,7-9,13H,4-6H2,(H,18,19)(H,20,21)/t7-,8-,9+,13?/m1/s1. The highest BCUT2D eigenvalue weighted by molar-refractivity contribution is 6.36. The van der Waals surface area contributed by atoms with Gasteiger partial charge in [-0.1, -0.05) is 29.3 Å². The van der Waals surface area contributed by atoms with Crippen LogP contribution in [0.15, 0.2) is 18.2 Å². The van der Waals surface area contributed by atoms with E-state index in [0.29, 0.717) is 11.8 Å². The van der Waals surface area contributed by atoms with E-state index in [-0.39, 0.29) is 27.4 Å². The molecule has 0 heterocycles. The van der Waals surface area contributed by atoms with E-state index >= 15 is 0 Å². The second kappa shape index (κ2) is 5.50. The lowest BCUT2D eigenvalue weighted by molar-refractivity contribution is -0.142. The summed E-state index contributed by atoms with van der Waals surface area (Å²) in [5.74, 6) is -0.348. The van der Waals surface area contributed by atoms with E-state index in [1.54, 1.807) is 18.2 Å². The van der Waals surface area contributed by atoms with Crippen molar-refractivity contribution < 1.29 is 14.7 Å². The first kappa shape index (κ1) is 14.7. The summed E-state index contributed by atoms with van der Waals surface area (Å²) in [5, 5.41) is 12.5. The third-order valence-corrected chi connectivity index (χ3v) is 5.16. The van der Waals surface area contributed by atoms with Crippen LogP contribution in [-0.2, 0) is 9.59 Å². The van der Waals surface area contributed by atoms with E-state index in [4.69, 9.17) is 23.2 Å². The molecule has 21 heavy (non-hydrogen) atoms. The highest BCUT2D eigenvalue weighted by atomic mass is 35.5. The average molecular weight is 328 g/mol. The molecule has 2 N–H and O–H groups in total. The molecule has 1 aromatic carbocycles. The van der Waals surface area contributed by atoms with Crippen LogP contribution in [0.1, 0.15) is 30.9 Å². The number of aliphatic carboxylic acids is 1. The number of hydrogen-bond acceptors (Lipinski definition) is 2. The third-order valence-electron chi connectivity index (χ3n) is 4.50. The van der Waals surface area contributed by atoms with Gasteiger partial charge in [0.25, 0.3) is 0 Å². The van der Waals surface area contributed by atoms with Gasteiger partial charge in [-0.2, -0.15) is 0 Å². The molecule has 0 radical (unpaired) electrons. The molecule has 112 valence electrons. The van der Waals surface area contributed by atoms with Gasteiger partial charge in [0.1, 0.15) is 0 Å². The first-order valence-electron chi connectivity index (χ1n) is 6.96. The van der Waals surface area contributed by atoms with Crippen molar-refractivity contribution in [3.05, 3.63) is 33.8 Å². The Bertz CT molecular complexity index is 584. The molecule has 1 aromatic rings. The molecule has 2 saturated carbocycles. The zero-order valence-corrected chi connectivity index (χ0v) is 12.7. The van der Waals surface area contributed by atoms with Crippen molar-refractivity contribution in [3.8, 4) is 0 Å². The Morgan fingerprint density at radius 2 is 1.90 bits per heavy atom. The molecule has 2 aliphatic carbocycles. The first-order chi connectivity index (χ1) is 9.99. The lowest BCUT2D eigenvalue weighted by Gasteiger charge is -2.20. The van der Waals surface area contributed by atoms with Crippen molar-refractivity contribution >= 4 is 35.1 Å². The Balaban J connectivity index is 1.82. The van der Waals surface area contributed by atoms with Crippen LogP contribution in [0.3, 0.4) is 0 Å². The molecule has 0 saturated heterocycles. The fourth-order valence-corrected chi connectivity index (χ4v) is 3.94. The number of amides is 1. The Labute approximate surface area is 132 Å². The molecule has 3 rings (SSSR count). The van der Waals surface area contributed by atoms with Crippen LogP contribution in [0.25, 0.3) is 0 Å². The number of carboxylic acid groups (broad SMARTS) is 1. The predicted molar refractivity (Wildman–Crippen MR) is 79.3 cm³/mol. The fraction of sp³-hybridized carbons (Fsp3) is 0.467. The van der Waals surface area contributed by atoms with Crippen LogP contribution in [-0.4, -0.2) is 17.0 Å². The van der Waals surface area contributed by atoms with Crippen LogP contribution in [0, 0.1) is 17.8 Å². The smallest absolute Gasteiger partial charge is 0.331 e. The summed E-state index contributed by atoms with van der Waals surface area (Å²) in [5.41, 5.74) is 0.243. The summed E-state index contributed by atoms with van der Waals surface area (Å²) in [6, 6.07) is 3.56. The van der Waals surface area contributed by atoms with Gasteiger partial charge in [-0.3, -0.25) is 4.79 Å². The number of nitrogens with one attached hydrogen (secondary N) is 1. The molecule has 1 amide bonds. The second-order valence-corrected chi connectivity index (χ2v) is 6.57. The maximum atomic E-state index is 12.3. The third kappa shape index (κ3) is 2.74. The van der Waals surface area contributed by atoms with Gasteiger partial charge in [-0.15, -0.1) is 0 Å². The van der Waals surface area contributed by atoms with Crippen LogP contribution < -0.4 is 5.32 Å². The quantitative estimate of drug-likeness (QED) is 0.891. The highest BCUT2D eigenvalue weighted by Gasteiger charge is 2.51. The van der Waals surface area contributed by atoms with E-state index in [1.165, 1.54) is 0 Å². The minimum absolute atomic E-state index is 0.0712. The molecular weight excluding hydrogens is 313 g/mol. The molecule has 1 unspecified atom stereocenters. The van der Waals surface area contributed by atoms with Crippen molar-refractivity contribution in [2.24, 2.45) is 17.8 Å². The predicted octanol–water partition coefficient (Wildman–Crippen LogP) is 3.28. The maximum absolute atomic E-state index is 12.3. The Morgan fingerprint density at radius 1 is 1.24 bits per heavy atom. The zero-order chi connectivity index (χ0) is 15.1. The van der Waals surface area contributed by atoms with Gasteiger partial charge in [0.05, 0.1) is 0 Å². The molecular formula is C15H15Cl2NO3. The van der Waals surface area contributed by atoms with Gasteiger partial charge in [-0.25, -0.2) is 4.79 Å². The molecule has 0 aliphatic heterocycles. The lowest BCUT2D eigenvalue weighted by Crippen LogP contribution is -2.38. The number of hydrogen-bond donors (Lipinski definition) is 2. The van der Waals surface area contributed by atoms with Gasteiger partial charge in [0, 0.05) is 21.5 Å². The van der Waals surface area contributed by atoms with Crippen LogP contribution in [0.5, 0.6) is 0 Å². The number of carbonyl (C=O) groups excluding carboxylic acids is 1. The molecule has 4 atom stereocenters. The highest BCUT2D eigenvalue weighted by Crippen LogP contribution is 2.55. The lowest BCUT2D eigenvalue weighted by atomic mass is 10.0. The monoisotopic (exact) mass is 327 g/mol. The van der Waals surface area contributed by atoms with Gasteiger partial charge in [-0.05, 0) is 43.2 Å². The Hall–Kier alpha value is -1.26. The zero-order valence-electron chi connectivity index (χ0n) is 11.2. The van der Waals surface area contributed by atoms with Gasteiger partial charge in [0.2, 0.25) is 5.91 Å². The number of benzene rings is 1. The summed E-state index contributed by atoms with van der Waals surface area (Å²) >= 11 is 12.1. The molecule has 0 spiro atoms. The molecule has 4 nitrogen and oxygen atoms in total. The summed E-state index contributed by atoms with van der Waals surface area (Å²) in [6.07, 6.45) is 2.99. The van der Waals surface area contributed by atoms with Crippen LogP contribution in [0.4, 0.5) is 0 Å². The number of fused-ring (bicyclic) bond motifs is 1. The summed E-state index contributed by atoms with van der Waals surface area (Å²) in [7, 11) is 0. The normalized spacial score (nSPS) is 27.8. The topological polar surface area (TPSA) is 66.4 Å². The number of rotatable bonds is 4. The van der Waals surface area contributed by atoms with E-state index in [0.717, 1.165) is 19.3 Å². The largest absolute Gasteiger partial charge is 0.479 e. The molecule has 6 heteroatoms. The van der Waals surface area contributed by atoms with E-state index in [1.807, 2.05) is 0 Å². The van der Waals surface area contributed by atoms with E-state index in [2.05, 4.69) is 5.32 Å². The number of carboxylic acids is 1. The maximum Gasteiger partial charge on any atom is 0.331 e. The van der Waals surface area contributed by atoms with Gasteiger partial charge < -0.3 is 10.4 Å². The van der Waals surface area contributed by atoms with Gasteiger partial charge >= 0.3 is 5.97 Å². The molecule has 0 bridgehead atoms. The van der Waals surface area contributed by atoms with Crippen molar-refractivity contribution in [1.82, 2.24) is 5.32 Å².